The first kappa shape index (κ1) is 16.2. The number of hydrogen-bond acceptors (Lipinski definition) is 4. The molecule has 1 aliphatic heterocycles. The molecule has 2 N–H and O–H groups in total. The van der Waals surface area contributed by atoms with Gasteiger partial charge in [0.1, 0.15) is 5.82 Å². The van der Waals surface area contributed by atoms with E-state index in [0.29, 0.717) is 12.1 Å². The normalized spacial score (nSPS) is 21.5. The van der Waals surface area contributed by atoms with E-state index < -0.39 is 0 Å². The topological polar surface area (TPSA) is 45.4 Å². The van der Waals surface area contributed by atoms with Crippen molar-refractivity contribution in [3.05, 3.63) is 23.9 Å². The van der Waals surface area contributed by atoms with E-state index in [1.54, 1.807) is 0 Å². The third-order valence-electron chi connectivity index (χ3n) is 4.60. The summed E-state index contributed by atoms with van der Waals surface area (Å²) in [4.78, 5) is 9.32. The molecule has 0 amide bonds. The van der Waals surface area contributed by atoms with Crippen LogP contribution in [0.25, 0.3) is 0 Å². The number of nitrogens with zero attached hydrogens (tertiary/aromatic N) is 3. The van der Waals surface area contributed by atoms with Crippen molar-refractivity contribution in [3.8, 4) is 0 Å². The van der Waals surface area contributed by atoms with E-state index in [-0.39, 0.29) is 6.04 Å². The monoisotopic (exact) mass is 290 g/mol. The summed E-state index contributed by atoms with van der Waals surface area (Å²) in [6, 6.07) is 5.54. The van der Waals surface area contributed by atoms with E-state index in [1.165, 1.54) is 24.8 Å². The van der Waals surface area contributed by atoms with E-state index in [1.807, 2.05) is 6.20 Å². The zero-order valence-corrected chi connectivity index (χ0v) is 13.9. The summed E-state index contributed by atoms with van der Waals surface area (Å²) in [6.07, 6.45) is 5.82. The van der Waals surface area contributed by atoms with Crippen LogP contribution < -0.4 is 10.6 Å². The maximum atomic E-state index is 6.14. The molecule has 0 aromatic carbocycles. The third-order valence-corrected chi connectivity index (χ3v) is 4.60. The summed E-state index contributed by atoms with van der Waals surface area (Å²) < 4.78 is 0. The van der Waals surface area contributed by atoms with Gasteiger partial charge in [0.2, 0.25) is 0 Å². The standard InChI is InChI=1S/C17H30N4/c1-13(2)20(4)17-9-8-15(11-19-17)12-21-10-6-5-7-16(21)14(3)18/h8-9,11,13-14,16H,5-7,10,12,18H2,1-4H3. The van der Waals surface area contributed by atoms with Gasteiger partial charge in [-0.05, 0) is 51.8 Å². The number of anilines is 1. The molecule has 0 saturated carbocycles. The van der Waals surface area contributed by atoms with Crippen molar-refractivity contribution in [2.75, 3.05) is 18.5 Å². The number of pyridine rings is 1. The molecular weight excluding hydrogens is 260 g/mol. The molecule has 1 aromatic heterocycles. The van der Waals surface area contributed by atoms with E-state index in [0.717, 1.165) is 18.9 Å². The molecule has 2 rings (SSSR count). The van der Waals surface area contributed by atoms with Gasteiger partial charge >= 0.3 is 0 Å². The van der Waals surface area contributed by atoms with Crippen molar-refractivity contribution in [1.29, 1.82) is 0 Å². The molecule has 2 atom stereocenters. The summed E-state index contributed by atoms with van der Waals surface area (Å²) in [7, 11) is 2.09. The van der Waals surface area contributed by atoms with Crippen LogP contribution in [0.2, 0.25) is 0 Å². The smallest absolute Gasteiger partial charge is 0.128 e. The number of nitrogens with two attached hydrogens (primary N) is 1. The Morgan fingerprint density at radius 3 is 2.67 bits per heavy atom. The second-order valence-electron chi connectivity index (χ2n) is 6.62. The Balaban J connectivity index is 2.02. The molecule has 1 aromatic rings. The van der Waals surface area contributed by atoms with E-state index in [2.05, 4.69) is 54.7 Å². The molecule has 2 unspecified atom stereocenters. The van der Waals surface area contributed by atoms with Gasteiger partial charge in [-0.15, -0.1) is 0 Å². The molecule has 4 heteroatoms. The van der Waals surface area contributed by atoms with Crippen molar-refractivity contribution < 1.29 is 0 Å². The molecule has 0 bridgehead atoms. The van der Waals surface area contributed by atoms with Crippen LogP contribution in [0.1, 0.15) is 45.6 Å². The lowest BCUT2D eigenvalue weighted by Crippen LogP contribution is -2.48. The van der Waals surface area contributed by atoms with Crippen LogP contribution in [0.15, 0.2) is 18.3 Å². The highest BCUT2D eigenvalue weighted by Gasteiger charge is 2.25. The van der Waals surface area contributed by atoms with E-state index in [9.17, 15) is 0 Å². The second-order valence-corrected chi connectivity index (χ2v) is 6.62. The summed E-state index contributed by atoms with van der Waals surface area (Å²) in [5, 5.41) is 0. The fourth-order valence-electron chi connectivity index (χ4n) is 3.03. The van der Waals surface area contributed by atoms with Crippen molar-refractivity contribution in [1.82, 2.24) is 9.88 Å². The first-order valence-electron chi connectivity index (χ1n) is 8.16. The molecule has 1 saturated heterocycles. The maximum absolute atomic E-state index is 6.14. The Morgan fingerprint density at radius 1 is 1.33 bits per heavy atom. The molecule has 0 spiro atoms. The molecule has 118 valence electrons. The number of likely N-dealkylation sites (tertiary alicyclic amines) is 1. The molecule has 1 fully saturated rings. The summed E-state index contributed by atoms with van der Waals surface area (Å²) >= 11 is 0. The van der Waals surface area contributed by atoms with Crippen LogP contribution in [0, 0.1) is 0 Å². The summed E-state index contributed by atoms with van der Waals surface area (Å²) in [6.45, 7) is 8.60. The van der Waals surface area contributed by atoms with Crippen molar-refractivity contribution in [2.24, 2.45) is 5.73 Å². The Bertz CT molecular complexity index is 427. The summed E-state index contributed by atoms with van der Waals surface area (Å²) in [5.41, 5.74) is 7.43. The van der Waals surface area contributed by atoms with Crippen LogP contribution >= 0.6 is 0 Å². The SMILES string of the molecule is CC(N)C1CCCCN1Cc1ccc(N(C)C(C)C)nc1. The lowest BCUT2D eigenvalue weighted by molar-refractivity contribution is 0.123. The first-order chi connectivity index (χ1) is 9.99. The Kier molecular flexibility index (Phi) is 5.59. The number of aromatic nitrogens is 1. The molecule has 0 radical (unpaired) electrons. The zero-order chi connectivity index (χ0) is 15.4. The molecule has 4 nitrogen and oxygen atoms in total. The highest BCUT2D eigenvalue weighted by Crippen LogP contribution is 2.22. The fraction of sp³-hybridized carbons (Fsp3) is 0.706. The minimum absolute atomic E-state index is 0.240. The number of piperidine rings is 1. The van der Waals surface area contributed by atoms with Gasteiger partial charge < -0.3 is 10.6 Å². The lowest BCUT2D eigenvalue weighted by atomic mass is 9.96. The van der Waals surface area contributed by atoms with Crippen molar-refractivity contribution >= 4 is 5.82 Å². The highest BCUT2D eigenvalue weighted by atomic mass is 15.2. The average molecular weight is 290 g/mol. The van der Waals surface area contributed by atoms with Crippen LogP contribution in [-0.2, 0) is 6.54 Å². The largest absolute Gasteiger partial charge is 0.357 e. The first-order valence-corrected chi connectivity index (χ1v) is 8.16. The number of rotatable bonds is 5. The molecular formula is C17H30N4. The highest BCUT2D eigenvalue weighted by molar-refractivity contribution is 5.39. The van der Waals surface area contributed by atoms with Gasteiger partial charge in [-0.3, -0.25) is 4.90 Å². The Hall–Kier alpha value is -1.13. The van der Waals surface area contributed by atoms with Gasteiger partial charge in [-0.1, -0.05) is 12.5 Å². The van der Waals surface area contributed by atoms with E-state index in [4.69, 9.17) is 5.73 Å². The van der Waals surface area contributed by atoms with Gasteiger partial charge in [-0.25, -0.2) is 4.98 Å². The lowest BCUT2D eigenvalue weighted by Gasteiger charge is -2.38. The summed E-state index contributed by atoms with van der Waals surface area (Å²) in [5.74, 6) is 1.04. The quantitative estimate of drug-likeness (QED) is 0.905. The zero-order valence-electron chi connectivity index (χ0n) is 13.9. The molecule has 1 aliphatic rings. The van der Waals surface area contributed by atoms with Gasteiger partial charge in [-0.2, -0.15) is 0 Å². The van der Waals surface area contributed by atoms with Crippen LogP contribution in [-0.4, -0.2) is 41.6 Å². The van der Waals surface area contributed by atoms with E-state index >= 15 is 0 Å². The van der Waals surface area contributed by atoms with Crippen molar-refractivity contribution in [3.63, 3.8) is 0 Å². The van der Waals surface area contributed by atoms with Gasteiger partial charge in [0.25, 0.3) is 0 Å². The predicted molar refractivity (Wildman–Crippen MR) is 89.5 cm³/mol. The van der Waals surface area contributed by atoms with Crippen LogP contribution in [0.5, 0.6) is 0 Å². The molecule has 0 aliphatic carbocycles. The maximum Gasteiger partial charge on any atom is 0.128 e. The molecule has 2 heterocycles. The third kappa shape index (κ3) is 4.17. The minimum atomic E-state index is 0.240. The van der Waals surface area contributed by atoms with Gasteiger partial charge in [0.15, 0.2) is 0 Å². The van der Waals surface area contributed by atoms with Crippen molar-refractivity contribution in [2.45, 2.75) is 64.7 Å². The van der Waals surface area contributed by atoms with Gasteiger partial charge in [0, 0.05) is 37.9 Å². The Labute approximate surface area is 129 Å². The minimum Gasteiger partial charge on any atom is -0.357 e. The predicted octanol–water partition coefficient (Wildman–Crippen LogP) is 2.63. The van der Waals surface area contributed by atoms with Crippen LogP contribution in [0.3, 0.4) is 0 Å². The van der Waals surface area contributed by atoms with Crippen LogP contribution in [0.4, 0.5) is 5.82 Å². The Morgan fingerprint density at radius 2 is 2.10 bits per heavy atom. The molecule has 21 heavy (non-hydrogen) atoms. The average Bonchev–Trinajstić information content (AvgIpc) is 2.47. The second kappa shape index (κ2) is 7.23. The number of hydrogen-bond donors (Lipinski definition) is 1. The van der Waals surface area contributed by atoms with Gasteiger partial charge in [0.05, 0.1) is 0 Å². The fourth-order valence-corrected chi connectivity index (χ4v) is 3.03.